The van der Waals surface area contributed by atoms with E-state index in [9.17, 15) is 9.59 Å². The lowest BCUT2D eigenvalue weighted by atomic mass is 10.0. The third kappa shape index (κ3) is 4.63. The van der Waals surface area contributed by atoms with Gasteiger partial charge in [0.15, 0.2) is 0 Å². The first-order valence-corrected chi connectivity index (χ1v) is 8.94. The Bertz CT molecular complexity index is 830. The molecule has 136 valence electrons. The molecule has 0 radical (unpaired) electrons. The smallest absolute Gasteiger partial charge is 0.224 e. The first kappa shape index (κ1) is 18.0. The second-order valence-electron chi connectivity index (χ2n) is 6.69. The van der Waals surface area contributed by atoms with Crippen molar-refractivity contribution in [2.45, 2.75) is 39.5 Å². The Morgan fingerprint density at radius 2 is 2.00 bits per heavy atom. The number of nitrogens with one attached hydrogen (secondary N) is 2. The Labute approximate surface area is 153 Å². The van der Waals surface area contributed by atoms with Crippen LogP contribution in [0, 0.1) is 13.8 Å². The molecule has 2 aromatic carbocycles. The molecule has 0 unspecified atom stereocenters. The summed E-state index contributed by atoms with van der Waals surface area (Å²) in [5.74, 6) is 0.825. The Morgan fingerprint density at radius 1 is 1.15 bits per heavy atom. The van der Waals surface area contributed by atoms with E-state index in [0.717, 1.165) is 40.2 Å². The van der Waals surface area contributed by atoms with Gasteiger partial charge in [0.25, 0.3) is 0 Å². The molecule has 2 N–H and O–H groups in total. The molecule has 5 nitrogen and oxygen atoms in total. The van der Waals surface area contributed by atoms with E-state index < -0.39 is 0 Å². The van der Waals surface area contributed by atoms with Crippen LogP contribution in [0.2, 0.25) is 0 Å². The second-order valence-corrected chi connectivity index (χ2v) is 6.69. The van der Waals surface area contributed by atoms with Crippen LogP contribution in [0.1, 0.15) is 36.0 Å². The molecule has 5 heteroatoms. The maximum absolute atomic E-state index is 12.1. The van der Waals surface area contributed by atoms with E-state index in [0.29, 0.717) is 25.9 Å². The predicted octanol–water partition coefficient (Wildman–Crippen LogP) is 3.99. The zero-order valence-corrected chi connectivity index (χ0v) is 15.2. The lowest BCUT2D eigenvalue weighted by Gasteiger charge is -2.17. The lowest BCUT2D eigenvalue weighted by Crippen LogP contribution is -2.18. The normalized spacial score (nSPS) is 12.9. The van der Waals surface area contributed by atoms with Gasteiger partial charge in [0, 0.05) is 24.2 Å². The number of benzene rings is 2. The van der Waals surface area contributed by atoms with Gasteiger partial charge in [-0.15, -0.1) is 0 Å². The van der Waals surface area contributed by atoms with Crippen molar-refractivity contribution in [2.75, 3.05) is 17.2 Å². The van der Waals surface area contributed by atoms with Crippen LogP contribution >= 0.6 is 0 Å². The van der Waals surface area contributed by atoms with E-state index in [2.05, 4.69) is 10.6 Å². The van der Waals surface area contributed by atoms with Gasteiger partial charge in [-0.05, 0) is 67.6 Å². The molecule has 2 aromatic rings. The molecular weight excluding hydrogens is 328 g/mol. The van der Waals surface area contributed by atoms with Crippen LogP contribution < -0.4 is 15.4 Å². The summed E-state index contributed by atoms with van der Waals surface area (Å²) in [6.45, 7) is 4.47. The third-order valence-electron chi connectivity index (χ3n) is 4.46. The lowest BCUT2D eigenvalue weighted by molar-refractivity contribution is -0.117. The fourth-order valence-corrected chi connectivity index (χ4v) is 2.96. The maximum Gasteiger partial charge on any atom is 0.224 e. The molecule has 1 aliphatic heterocycles. The number of rotatable bonds is 6. The number of ether oxygens (including phenoxy) is 1. The number of aryl methyl sites for hydroxylation is 3. The van der Waals surface area contributed by atoms with Gasteiger partial charge in [-0.25, -0.2) is 0 Å². The molecule has 1 heterocycles. The van der Waals surface area contributed by atoms with Crippen LogP contribution in [0.4, 0.5) is 11.4 Å². The summed E-state index contributed by atoms with van der Waals surface area (Å²) in [6, 6.07) is 11.7. The molecule has 0 aliphatic carbocycles. The van der Waals surface area contributed by atoms with Crippen LogP contribution in [0.3, 0.4) is 0 Å². The summed E-state index contributed by atoms with van der Waals surface area (Å²) in [4.78, 5) is 23.5. The number of hydrogen-bond donors (Lipinski definition) is 2. The predicted molar refractivity (Wildman–Crippen MR) is 103 cm³/mol. The van der Waals surface area contributed by atoms with Gasteiger partial charge >= 0.3 is 0 Å². The average molecular weight is 352 g/mol. The zero-order chi connectivity index (χ0) is 18.5. The molecule has 0 fully saturated rings. The van der Waals surface area contributed by atoms with Crippen LogP contribution in [-0.2, 0) is 16.0 Å². The highest BCUT2D eigenvalue weighted by atomic mass is 16.5. The van der Waals surface area contributed by atoms with Gasteiger partial charge in [0.1, 0.15) is 5.75 Å². The van der Waals surface area contributed by atoms with E-state index in [-0.39, 0.29) is 11.8 Å². The Hall–Kier alpha value is -2.82. The summed E-state index contributed by atoms with van der Waals surface area (Å²) in [7, 11) is 0. The summed E-state index contributed by atoms with van der Waals surface area (Å²) < 4.78 is 5.75. The highest BCUT2D eigenvalue weighted by Gasteiger charge is 2.15. The quantitative estimate of drug-likeness (QED) is 0.773. The van der Waals surface area contributed by atoms with Crippen molar-refractivity contribution in [3.05, 3.63) is 53.1 Å². The minimum absolute atomic E-state index is 0.00421. The third-order valence-corrected chi connectivity index (χ3v) is 4.46. The topological polar surface area (TPSA) is 67.4 Å². The first-order chi connectivity index (χ1) is 12.5. The summed E-state index contributed by atoms with van der Waals surface area (Å²) in [6.07, 6.45) is 2.30. The fourth-order valence-electron chi connectivity index (χ4n) is 2.96. The van der Waals surface area contributed by atoms with Gasteiger partial charge in [-0.2, -0.15) is 0 Å². The van der Waals surface area contributed by atoms with Crippen molar-refractivity contribution in [3.63, 3.8) is 0 Å². The maximum atomic E-state index is 12.1. The molecule has 0 bridgehead atoms. The van der Waals surface area contributed by atoms with Crippen molar-refractivity contribution in [1.82, 2.24) is 0 Å². The molecule has 26 heavy (non-hydrogen) atoms. The van der Waals surface area contributed by atoms with Gasteiger partial charge in [-0.3, -0.25) is 9.59 Å². The molecule has 3 rings (SSSR count). The van der Waals surface area contributed by atoms with E-state index in [1.54, 1.807) is 0 Å². The minimum Gasteiger partial charge on any atom is -0.494 e. The minimum atomic E-state index is -0.00421. The number of anilines is 2. The standard InChI is InChI=1S/C21H24N2O3/c1-14-5-6-15(2)19(12-14)23-20(24)4-3-11-26-17-8-9-18-16(13-17)7-10-21(25)22-18/h5-6,8-9,12-13H,3-4,7,10-11H2,1-2H3,(H,22,25)(H,23,24). The number of carbonyl (C=O) groups is 2. The molecule has 0 aromatic heterocycles. The molecule has 2 amide bonds. The molecule has 1 aliphatic rings. The van der Waals surface area contributed by atoms with E-state index in [1.165, 1.54) is 0 Å². The van der Waals surface area contributed by atoms with E-state index >= 15 is 0 Å². The van der Waals surface area contributed by atoms with Crippen LogP contribution in [0.15, 0.2) is 36.4 Å². The van der Waals surface area contributed by atoms with Gasteiger partial charge in [0.05, 0.1) is 6.61 Å². The number of fused-ring (bicyclic) bond motifs is 1. The largest absolute Gasteiger partial charge is 0.494 e. The number of carbonyl (C=O) groups excluding carboxylic acids is 2. The van der Waals surface area contributed by atoms with Crippen molar-refractivity contribution in [2.24, 2.45) is 0 Å². The van der Waals surface area contributed by atoms with Crippen molar-refractivity contribution in [3.8, 4) is 5.75 Å². The van der Waals surface area contributed by atoms with Crippen LogP contribution in [-0.4, -0.2) is 18.4 Å². The van der Waals surface area contributed by atoms with Gasteiger partial charge in [-0.1, -0.05) is 12.1 Å². The average Bonchev–Trinajstić information content (AvgIpc) is 2.62. The monoisotopic (exact) mass is 352 g/mol. The van der Waals surface area contributed by atoms with Crippen molar-refractivity contribution < 1.29 is 14.3 Å². The van der Waals surface area contributed by atoms with Crippen LogP contribution in [0.5, 0.6) is 5.75 Å². The Kier molecular flexibility index (Phi) is 5.56. The molecular formula is C21H24N2O3. The van der Waals surface area contributed by atoms with Crippen LogP contribution in [0.25, 0.3) is 0 Å². The number of hydrogen-bond acceptors (Lipinski definition) is 3. The molecule has 0 atom stereocenters. The Morgan fingerprint density at radius 3 is 2.85 bits per heavy atom. The first-order valence-electron chi connectivity index (χ1n) is 8.94. The van der Waals surface area contributed by atoms with Crippen molar-refractivity contribution in [1.29, 1.82) is 0 Å². The molecule has 0 spiro atoms. The van der Waals surface area contributed by atoms with Gasteiger partial charge < -0.3 is 15.4 Å². The van der Waals surface area contributed by atoms with E-state index in [4.69, 9.17) is 4.74 Å². The zero-order valence-electron chi connectivity index (χ0n) is 15.2. The summed E-state index contributed by atoms with van der Waals surface area (Å²) >= 11 is 0. The van der Waals surface area contributed by atoms with Gasteiger partial charge in [0.2, 0.25) is 11.8 Å². The highest BCUT2D eigenvalue weighted by Crippen LogP contribution is 2.26. The Balaban J connectivity index is 1.44. The molecule has 0 saturated carbocycles. The van der Waals surface area contributed by atoms with E-state index in [1.807, 2.05) is 50.2 Å². The number of amides is 2. The molecule has 0 saturated heterocycles. The fraction of sp³-hybridized carbons (Fsp3) is 0.333. The summed E-state index contributed by atoms with van der Waals surface area (Å²) in [5, 5.41) is 5.81. The summed E-state index contributed by atoms with van der Waals surface area (Å²) in [5.41, 5.74) is 5.00. The second kappa shape index (κ2) is 8.04. The SMILES string of the molecule is Cc1ccc(C)c(NC(=O)CCCOc2ccc3c(c2)CCC(=O)N3)c1. The highest BCUT2D eigenvalue weighted by molar-refractivity contribution is 5.94. The van der Waals surface area contributed by atoms with Crippen molar-refractivity contribution >= 4 is 23.2 Å².